The Labute approximate surface area is 172 Å². The van der Waals surface area contributed by atoms with Crippen molar-refractivity contribution in [2.45, 2.75) is 82.5 Å². The molecule has 0 amide bonds. The van der Waals surface area contributed by atoms with E-state index < -0.39 is 11.6 Å². The monoisotopic (exact) mass is 406 g/mol. The zero-order valence-corrected chi connectivity index (χ0v) is 18.2. The van der Waals surface area contributed by atoms with Gasteiger partial charge in [0.2, 0.25) is 0 Å². The number of fused-ring (bicyclic) bond motifs is 5. The molecule has 0 spiro atoms. The van der Waals surface area contributed by atoms with Gasteiger partial charge in [0, 0.05) is 18.1 Å². The van der Waals surface area contributed by atoms with Gasteiger partial charge < -0.3 is 10.2 Å². The Balaban J connectivity index is 1.68. The van der Waals surface area contributed by atoms with Crippen molar-refractivity contribution in [2.75, 3.05) is 6.26 Å². The number of aliphatic hydroxyl groups is 1. The average Bonchev–Trinajstić information content (AvgIpc) is 2.92. The molecule has 0 heterocycles. The molecule has 4 nitrogen and oxygen atoms in total. The van der Waals surface area contributed by atoms with E-state index in [-0.39, 0.29) is 23.0 Å². The molecule has 0 saturated heterocycles. The molecule has 4 aliphatic carbocycles. The molecule has 2 N–H and O–H groups in total. The lowest BCUT2D eigenvalue weighted by molar-refractivity contribution is -0.146. The molecule has 5 heteroatoms. The molecule has 0 bridgehead atoms. The molecular formula is C23H34O4S. The topological polar surface area (TPSA) is 74.6 Å². The first-order valence-corrected chi connectivity index (χ1v) is 12.1. The van der Waals surface area contributed by atoms with Gasteiger partial charge in [-0.3, -0.25) is 9.59 Å². The summed E-state index contributed by atoms with van der Waals surface area (Å²) in [6.07, 6.45) is 10.9. The first kappa shape index (κ1) is 20.5. The Morgan fingerprint density at radius 3 is 2.61 bits per heavy atom. The molecule has 156 valence electrons. The fraction of sp³-hybridized carbons (Fsp3) is 0.826. The van der Waals surface area contributed by atoms with Crippen LogP contribution in [0.2, 0.25) is 0 Å². The van der Waals surface area contributed by atoms with Gasteiger partial charge >= 0.3 is 5.97 Å². The minimum absolute atomic E-state index is 0.0472. The minimum Gasteiger partial charge on any atom is -0.481 e. The summed E-state index contributed by atoms with van der Waals surface area (Å²) in [5.74, 6) is 1.03. The largest absolute Gasteiger partial charge is 0.481 e. The number of carboxylic acid groups (broad SMARTS) is 1. The highest BCUT2D eigenvalue weighted by molar-refractivity contribution is 7.99. The second-order valence-corrected chi connectivity index (χ2v) is 11.3. The van der Waals surface area contributed by atoms with Gasteiger partial charge in [-0.2, -0.15) is 11.8 Å². The number of ketones is 1. The molecule has 0 aromatic heterocycles. The standard InChI is InChI=1S/C23H34O4S/c1-21-8-4-15(24)12-14(21)13-18(28-3)20-16(21)5-9-22(2)17(20)6-10-23(22,27)11-7-19(25)26/h12,16-18,20,27H,4-11,13H2,1-3H3,(H,25,26)/t16-,17-,18+,20+,21-,22-,23-/m0/s1. The molecule has 7 atom stereocenters. The summed E-state index contributed by atoms with van der Waals surface area (Å²) < 4.78 is 0. The summed E-state index contributed by atoms with van der Waals surface area (Å²) in [6.45, 7) is 4.62. The summed E-state index contributed by atoms with van der Waals surface area (Å²) in [5.41, 5.74) is 0.434. The van der Waals surface area contributed by atoms with E-state index in [0.717, 1.165) is 38.5 Å². The fourth-order valence-electron chi connectivity index (χ4n) is 7.58. The number of carbonyl (C=O) groups excluding carboxylic acids is 1. The lowest BCUT2D eigenvalue weighted by atomic mass is 9.46. The number of hydrogen-bond acceptors (Lipinski definition) is 4. The maximum absolute atomic E-state index is 12.1. The maximum Gasteiger partial charge on any atom is 0.303 e. The van der Waals surface area contributed by atoms with Crippen molar-refractivity contribution < 1.29 is 19.8 Å². The normalized spacial score (nSPS) is 47.7. The summed E-state index contributed by atoms with van der Waals surface area (Å²) in [5, 5.41) is 21.2. The first-order valence-electron chi connectivity index (χ1n) is 10.9. The molecule has 0 aliphatic heterocycles. The molecule has 28 heavy (non-hydrogen) atoms. The highest BCUT2D eigenvalue weighted by atomic mass is 32.2. The Bertz CT molecular complexity index is 717. The van der Waals surface area contributed by atoms with Crippen LogP contribution in [0.4, 0.5) is 0 Å². The van der Waals surface area contributed by atoms with Crippen LogP contribution in [0.15, 0.2) is 11.6 Å². The fourth-order valence-corrected chi connectivity index (χ4v) is 8.62. The van der Waals surface area contributed by atoms with E-state index in [2.05, 4.69) is 20.1 Å². The molecule has 0 unspecified atom stereocenters. The molecule has 0 aromatic rings. The summed E-state index contributed by atoms with van der Waals surface area (Å²) in [4.78, 5) is 23.3. The van der Waals surface area contributed by atoms with Crippen molar-refractivity contribution in [2.24, 2.45) is 28.6 Å². The molecule has 3 fully saturated rings. The highest BCUT2D eigenvalue weighted by Crippen LogP contribution is 2.69. The zero-order chi connectivity index (χ0) is 20.3. The Morgan fingerprint density at radius 2 is 1.93 bits per heavy atom. The molecule has 4 aliphatic rings. The molecule has 3 saturated carbocycles. The maximum atomic E-state index is 12.1. The third-order valence-electron chi connectivity index (χ3n) is 9.34. The average molecular weight is 407 g/mol. The quantitative estimate of drug-likeness (QED) is 0.721. The Hall–Kier alpha value is -0.810. The van der Waals surface area contributed by atoms with Gasteiger partial charge in [0.1, 0.15) is 0 Å². The SMILES string of the molecule is CS[C@@H]1CC2=CC(=O)CC[C@]2(C)[C@H]2CC[C@@]3(C)[C@@H](CC[C@]3(O)CCC(=O)O)[C@H]12. The van der Waals surface area contributed by atoms with Crippen molar-refractivity contribution in [3.63, 3.8) is 0 Å². The highest BCUT2D eigenvalue weighted by Gasteiger charge is 2.65. The van der Waals surface area contributed by atoms with Crippen LogP contribution in [0.1, 0.15) is 71.6 Å². The molecule has 0 radical (unpaired) electrons. The van der Waals surface area contributed by atoms with Crippen molar-refractivity contribution >= 4 is 23.5 Å². The molecule has 4 rings (SSSR count). The van der Waals surface area contributed by atoms with E-state index in [1.807, 2.05) is 17.8 Å². The van der Waals surface area contributed by atoms with Crippen LogP contribution in [-0.2, 0) is 9.59 Å². The van der Waals surface area contributed by atoms with Gasteiger partial charge in [0.05, 0.1) is 5.60 Å². The summed E-state index contributed by atoms with van der Waals surface area (Å²) in [6, 6.07) is 0. The van der Waals surface area contributed by atoms with E-state index in [1.54, 1.807) is 0 Å². The molecule has 0 aromatic carbocycles. The number of thioether (sulfide) groups is 1. The predicted molar refractivity (Wildman–Crippen MR) is 111 cm³/mol. The van der Waals surface area contributed by atoms with Crippen LogP contribution < -0.4 is 0 Å². The van der Waals surface area contributed by atoms with Crippen molar-refractivity contribution in [1.29, 1.82) is 0 Å². The molecular weight excluding hydrogens is 372 g/mol. The smallest absolute Gasteiger partial charge is 0.303 e. The second kappa shape index (κ2) is 6.87. The van der Waals surface area contributed by atoms with Gasteiger partial charge in [-0.15, -0.1) is 0 Å². The van der Waals surface area contributed by atoms with E-state index in [1.165, 1.54) is 5.57 Å². The lowest BCUT2D eigenvalue weighted by Gasteiger charge is -2.61. The second-order valence-electron chi connectivity index (χ2n) is 10.2. The van der Waals surface area contributed by atoms with Crippen molar-refractivity contribution in [1.82, 2.24) is 0 Å². The van der Waals surface area contributed by atoms with Crippen molar-refractivity contribution in [3.05, 3.63) is 11.6 Å². The van der Waals surface area contributed by atoms with Crippen LogP contribution in [0, 0.1) is 28.6 Å². The van der Waals surface area contributed by atoms with Crippen LogP contribution in [-0.4, -0.2) is 39.1 Å². The Morgan fingerprint density at radius 1 is 1.21 bits per heavy atom. The third-order valence-corrected chi connectivity index (χ3v) is 10.4. The Kier molecular flexibility index (Phi) is 5.02. The van der Waals surface area contributed by atoms with Gasteiger partial charge in [0.15, 0.2) is 5.78 Å². The number of rotatable bonds is 4. The number of hydrogen-bond donors (Lipinski definition) is 2. The zero-order valence-electron chi connectivity index (χ0n) is 17.4. The van der Waals surface area contributed by atoms with Crippen LogP contribution in [0.25, 0.3) is 0 Å². The van der Waals surface area contributed by atoms with Crippen LogP contribution in [0.5, 0.6) is 0 Å². The number of carboxylic acids is 1. The van der Waals surface area contributed by atoms with E-state index in [4.69, 9.17) is 0 Å². The minimum atomic E-state index is -0.858. The first-order chi connectivity index (χ1) is 13.1. The number of aliphatic carboxylic acids is 1. The predicted octanol–water partition coefficient (Wildman–Crippen LogP) is 4.46. The van der Waals surface area contributed by atoms with Gasteiger partial charge in [0.25, 0.3) is 0 Å². The van der Waals surface area contributed by atoms with Gasteiger partial charge in [-0.1, -0.05) is 19.4 Å². The third kappa shape index (κ3) is 2.83. The van der Waals surface area contributed by atoms with E-state index in [0.29, 0.717) is 35.8 Å². The van der Waals surface area contributed by atoms with E-state index >= 15 is 0 Å². The van der Waals surface area contributed by atoms with Crippen molar-refractivity contribution in [3.8, 4) is 0 Å². The van der Waals surface area contributed by atoms with Gasteiger partial charge in [-0.25, -0.2) is 0 Å². The van der Waals surface area contributed by atoms with Crippen LogP contribution >= 0.6 is 11.8 Å². The summed E-state index contributed by atoms with van der Waals surface area (Å²) in [7, 11) is 0. The summed E-state index contributed by atoms with van der Waals surface area (Å²) >= 11 is 1.93. The van der Waals surface area contributed by atoms with Crippen LogP contribution in [0.3, 0.4) is 0 Å². The lowest BCUT2D eigenvalue weighted by Crippen LogP contribution is -2.57. The number of allylic oxidation sites excluding steroid dienone is 1. The number of carbonyl (C=O) groups is 2. The van der Waals surface area contributed by atoms with Gasteiger partial charge in [-0.05, 0) is 85.9 Å². The van der Waals surface area contributed by atoms with E-state index in [9.17, 15) is 19.8 Å².